The topological polar surface area (TPSA) is 78.4 Å². The highest BCUT2D eigenvalue weighted by Gasteiger charge is 2.38. The molecule has 2 amide bonds. The van der Waals surface area contributed by atoms with E-state index in [4.69, 9.17) is 5.11 Å². The van der Waals surface area contributed by atoms with Crippen molar-refractivity contribution in [1.82, 2.24) is 10.6 Å². The molecule has 2 aliphatic rings. The SMILES string of the molecule is CSC1CCCC(NC(=O)NC2(CC(=O)O)CCCC2)C1. The average Bonchev–Trinajstić information content (AvgIpc) is 2.85. The van der Waals surface area contributed by atoms with E-state index in [1.165, 1.54) is 6.42 Å². The summed E-state index contributed by atoms with van der Waals surface area (Å²) in [7, 11) is 0. The first-order valence-corrected chi connectivity index (χ1v) is 9.15. The summed E-state index contributed by atoms with van der Waals surface area (Å²) in [4.78, 5) is 23.3. The van der Waals surface area contributed by atoms with Crippen molar-refractivity contribution in [3.05, 3.63) is 0 Å². The van der Waals surface area contributed by atoms with Crippen LogP contribution in [0.3, 0.4) is 0 Å². The van der Waals surface area contributed by atoms with Crippen molar-refractivity contribution in [1.29, 1.82) is 0 Å². The molecule has 0 saturated heterocycles. The van der Waals surface area contributed by atoms with E-state index < -0.39 is 11.5 Å². The molecule has 120 valence electrons. The third kappa shape index (κ3) is 4.80. The first-order chi connectivity index (χ1) is 10.0. The Hall–Kier alpha value is -0.910. The van der Waals surface area contributed by atoms with Crippen LogP contribution in [0, 0.1) is 0 Å². The Labute approximate surface area is 130 Å². The molecule has 0 bridgehead atoms. The van der Waals surface area contributed by atoms with Gasteiger partial charge in [-0.05, 0) is 38.4 Å². The second-order valence-electron chi connectivity index (χ2n) is 6.38. The third-order valence-corrected chi connectivity index (χ3v) is 5.82. The molecule has 0 aromatic heterocycles. The molecule has 5 nitrogen and oxygen atoms in total. The van der Waals surface area contributed by atoms with Crippen LogP contribution in [0.2, 0.25) is 0 Å². The molecule has 0 aromatic rings. The molecule has 0 aliphatic heterocycles. The lowest BCUT2D eigenvalue weighted by Gasteiger charge is -2.32. The predicted octanol–water partition coefficient (Wildman–Crippen LogP) is 2.75. The maximum absolute atomic E-state index is 12.2. The van der Waals surface area contributed by atoms with Crippen LogP contribution in [-0.2, 0) is 4.79 Å². The molecule has 2 atom stereocenters. The fraction of sp³-hybridized carbons (Fsp3) is 0.867. The third-order valence-electron chi connectivity index (χ3n) is 4.72. The smallest absolute Gasteiger partial charge is 0.315 e. The summed E-state index contributed by atoms with van der Waals surface area (Å²) in [6.45, 7) is 0. The van der Waals surface area contributed by atoms with Crippen molar-refractivity contribution >= 4 is 23.8 Å². The number of thioether (sulfide) groups is 1. The highest BCUT2D eigenvalue weighted by molar-refractivity contribution is 7.99. The van der Waals surface area contributed by atoms with Gasteiger partial charge in [0.25, 0.3) is 0 Å². The van der Waals surface area contributed by atoms with E-state index in [0.717, 1.165) is 44.9 Å². The number of hydrogen-bond acceptors (Lipinski definition) is 3. The second kappa shape index (κ2) is 7.38. The molecule has 0 heterocycles. The largest absolute Gasteiger partial charge is 0.481 e. The number of carbonyl (C=O) groups is 2. The fourth-order valence-electron chi connectivity index (χ4n) is 3.64. The van der Waals surface area contributed by atoms with Gasteiger partial charge in [-0.1, -0.05) is 19.3 Å². The number of aliphatic carboxylic acids is 1. The van der Waals surface area contributed by atoms with Crippen molar-refractivity contribution in [3.8, 4) is 0 Å². The molecule has 0 radical (unpaired) electrons. The summed E-state index contributed by atoms with van der Waals surface area (Å²) in [6, 6.07) is 0.0318. The monoisotopic (exact) mass is 314 g/mol. The zero-order valence-corrected chi connectivity index (χ0v) is 13.5. The molecular formula is C15H26N2O3S. The van der Waals surface area contributed by atoms with E-state index in [1.807, 2.05) is 11.8 Å². The van der Waals surface area contributed by atoms with Crippen LogP contribution in [0.5, 0.6) is 0 Å². The maximum atomic E-state index is 12.2. The van der Waals surface area contributed by atoms with Crippen molar-refractivity contribution in [2.45, 2.75) is 74.6 Å². The number of rotatable bonds is 5. The molecule has 2 rings (SSSR count). The Morgan fingerprint density at radius 3 is 2.57 bits per heavy atom. The lowest BCUT2D eigenvalue weighted by molar-refractivity contribution is -0.138. The summed E-state index contributed by atoms with van der Waals surface area (Å²) in [5.41, 5.74) is -0.538. The molecule has 0 aromatic carbocycles. The van der Waals surface area contributed by atoms with Crippen LogP contribution >= 0.6 is 11.8 Å². The zero-order chi connectivity index (χ0) is 15.3. The molecular weight excluding hydrogens is 288 g/mol. The molecule has 0 spiro atoms. The van der Waals surface area contributed by atoms with Crippen molar-refractivity contribution in [3.63, 3.8) is 0 Å². The lowest BCUT2D eigenvalue weighted by Crippen LogP contribution is -2.54. The average molecular weight is 314 g/mol. The normalized spacial score (nSPS) is 28.0. The minimum absolute atomic E-state index is 0.0263. The number of nitrogens with one attached hydrogen (secondary N) is 2. The Bertz CT molecular complexity index is 383. The van der Waals surface area contributed by atoms with Crippen LogP contribution in [0.1, 0.15) is 57.8 Å². The minimum Gasteiger partial charge on any atom is -0.481 e. The second-order valence-corrected chi connectivity index (χ2v) is 7.52. The number of carboxylic acids is 1. The quantitative estimate of drug-likeness (QED) is 0.729. The summed E-state index contributed by atoms with van der Waals surface area (Å²) in [5, 5.41) is 15.7. The van der Waals surface area contributed by atoms with Gasteiger partial charge in [0.15, 0.2) is 0 Å². The van der Waals surface area contributed by atoms with Crippen LogP contribution in [0.15, 0.2) is 0 Å². The van der Waals surface area contributed by atoms with Gasteiger partial charge in [0.05, 0.1) is 12.0 Å². The van der Waals surface area contributed by atoms with Crippen LogP contribution < -0.4 is 10.6 Å². The number of urea groups is 1. The standard InChI is InChI=1S/C15H26N2O3S/c1-21-12-6-4-5-11(9-12)16-14(20)17-15(10-13(18)19)7-2-3-8-15/h11-12H,2-10H2,1H3,(H,18,19)(H2,16,17,20). The van der Waals surface area contributed by atoms with Crippen LogP contribution in [0.25, 0.3) is 0 Å². The summed E-state index contributed by atoms with van der Waals surface area (Å²) < 4.78 is 0. The molecule has 3 N–H and O–H groups in total. The molecule has 6 heteroatoms. The van der Waals surface area contributed by atoms with E-state index in [2.05, 4.69) is 16.9 Å². The van der Waals surface area contributed by atoms with E-state index in [-0.39, 0.29) is 18.5 Å². The van der Waals surface area contributed by atoms with Gasteiger partial charge in [-0.25, -0.2) is 4.79 Å². The summed E-state index contributed by atoms with van der Waals surface area (Å²) in [6.07, 6.45) is 10.1. The van der Waals surface area contributed by atoms with Crippen LogP contribution in [0.4, 0.5) is 4.79 Å². The molecule has 21 heavy (non-hydrogen) atoms. The van der Waals surface area contributed by atoms with Gasteiger partial charge in [-0.3, -0.25) is 4.79 Å². The molecule has 2 unspecified atom stereocenters. The van der Waals surface area contributed by atoms with Crippen molar-refractivity contribution < 1.29 is 14.7 Å². The molecule has 2 saturated carbocycles. The van der Waals surface area contributed by atoms with Gasteiger partial charge in [0, 0.05) is 11.3 Å². The lowest BCUT2D eigenvalue weighted by atomic mass is 9.93. The summed E-state index contributed by atoms with van der Waals surface area (Å²) in [5.74, 6) is -0.836. The Morgan fingerprint density at radius 1 is 1.24 bits per heavy atom. The number of carbonyl (C=O) groups excluding carboxylic acids is 1. The van der Waals surface area contributed by atoms with Gasteiger partial charge in [0.2, 0.25) is 0 Å². The Kier molecular flexibility index (Phi) is 5.79. The number of hydrogen-bond donors (Lipinski definition) is 3. The number of carboxylic acid groups (broad SMARTS) is 1. The fourth-order valence-corrected chi connectivity index (χ4v) is 4.47. The van der Waals surface area contributed by atoms with Gasteiger partial charge in [-0.2, -0.15) is 11.8 Å². The number of amides is 2. The first kappa shape index (κ1) is 16.5. The van der Waals surface area contributed by atoms with Crippen molar-refractivity contribution in [2.24, 2.45) is 0 Å². The van der Waals surface area contributed by atoms with Gasteiger partial charge in [0.1, 0.15) is 0 Å². The van der Waals surface area contributed by atoms with E-state index >= 15 is 0 Å². The highest BCUT2D eigenvalue weighted by atomic mass is 32.2. The van der Waals surface area contributed by atoms with E-state index in [9.17, 15) is 9.59 Å². The minimum atomic E-state index is -0.836. The maximum Gasteiger partial charge on any atom is 0.315 e. The van der Waals surface area contributed by atoms with Gasteiger partial charge in [-0.15, -0.1) is 0 Å². The zero-order valence-electron chi connectivity index (χ0n) is 12.7. The Balaban J connectivity index is 1.86. The van der Waals surface area contributed by atoms with Gasteiger partial charge < -0.3 is 15.7 Å². The van der Waals surface area contributed by atoms with E-state index in [0.29, 0.717) is 5.25 Å². The van der Waals surface area contributed by atoms with Crippen molar-refractivity contribution in [2.75, 3.05) is 6.26 Å². The predicted molar refractivity (Wildman–Crippen MR) is 84.7 cm³/mol. The summed E-state index contributed by atoms with van der Waals surface area (Å²) >= 11 is 1.87. The van der Waals surface area contributed by atoms with E-state index in [1.54, 1.807) is 0 Å². The Morgan fingerprint density at radius 2 is 1.95 bits per heavy atom. The highest BCUT2D eigenvalue weighted by Crippen LogP contribution is 2.33. The van der Waals surface area contributed by atoms with Gasteiger partial charge >= 0.3 is 12.0 Å². The van der Waals surface area contributed by atoms with Crippen LogP contribution in [-0.4, -0.2) is 40.2 Å². The first-order valence-electron chi connectivity index (χ1n) is 7.86. The molecule has 2 aliphatic carbocycles. The molecule has 2 fully saturated rings.